The standard InChI is InChI=1S/C19H28N2O4/c1-6-16(22)14-8-10-15(11-9-14)25-13-18(24)21(7-2)12-17(23)20-19(3,4)5/h8-11H,6-7,12-13H2,1-5H3,(H,20,23). The molecule has 1 aromatic rings. The summed E-state index contributed by atoms with van der Waals surface area (Å²) in [6.07, 6.45) is 0.445. The third kappa shape index (κ3) is 7.37. The van der Waals surface area contributed by atoms with E-state index in [0.717, 1.165) is 0 Å². The van der Waals surface area contributed by atoms with E-state index in [1.54, 1.807) is 31.2 Å². The highest BCUT2D eigenvalue weighted by Crippen LogP contribution is 2.13. The van der Waals surface area contributed by atoms with Gasteiger partial charge in [0.1, 0.15) is 5.75 Å². The lowest BCUT2D eigenvalue weighted by atomic mass is 10.1. The van der Waals surface area contributed by atoms with Crippen LogP contribution in [0.3, 0.4) is 0 Å². The zero-order chi connectivity index (χ0) is 19.0. The van der Waals surface area contributed by atoms with E-state index in [0.29, 0.717) is 24.3 Å². The van der Waals surface area contributed by atoms with Crippen molar-refractivity contribution in [1.29, 1.82) is 0 Å². The van der Waals surface area contributed by atoms with Crippen LogP contribution in [0.5, 0.6) is 5.75 Å². The zero-order valence-corrected chi connectivity index (χ0v) is 15.7. The molecule has 2 amide bonds. The Kier molecular flexibility index (Phi) is 7.61. The number of ketones is 1. The molecule has 6 nitrogen and oxygen atoms in total. The second kappa shape index (κ2) is 9.20. The van der Waals surface area contributed by atoms with E-state index in [4.69, 9.17) is 4.74 Å². The average molecular weight is 348 g/mol. The Bertz CT molecular complexity index is 603. The van der Waals surface area contributed by atoms with Crippen LogP contribution in [0.2, 0.25) is 0 Å². The number of ether oxygens (including phenoxy) is 1. The number of Topliss-reactive ketones (excluding diaryl/α,β-unsaturated/α-hetero) is 1. The largest absolute Gasteiger partial charge is 0.484 e. The lowest BCUT2D eigenvalue weighted by molar-refractivity contribution is -0.137. The van der Waals surface area contributed by atoms with Crippen LogP contribution < -0.4 is 10.1 Å². The summed E-state index contributed by atoms with van der Waals surface area (Å²) in [6, 6.07) is 6.69. The van der Waals surface area contributed by atoms with Crippen molar-refractivity contribution in [3.8, 4) is 5.75 Å². The molecule has 0 aromatic heterocycles. The molecule has 0 saturated carbocycles. The smallest absolute Gasteiger partial charge is 0.260 e. The van der Waals surface area contributed by atoms with Gasteiger partial charge in [0, 0.05) is 24.1 Å². The van der Waals surface area contributed by atoms with E-state index in [1.807, 2.05) is 27.7 Å². The van der Waals surface area contributed by atoms with Gasteiger partial charge in [-0.25, -0.2) is 0 Å². The van der Waals surface area contributed by atoms with Crippen LogP contribution in [-0.2, 0) is 9.59 Å². The second-order valence-electron chi connectivity index (χ2n) is 6.80. The Morgan fingerprint density at radius 1 is 1.08 bits per heavy atom. The summed E-state index contributed by atoms with van der Waals surface area (Å²) in [5.41, 5.74) is 0.281. The lowest BCUT2D eigenvalue weighted by Gasteiger charge is -2.25. The molecule has 25 heavy (non-hydrogen) atoms. The summed E-state index contributed by atoms with van der Waals surface area (Å²) in [7, 11) is 0. The molecule has 138 valence electrons. The van der Waals surface area contributed by atoms with E-state index in [2.05, 4.69) is 5.32 Å². The first-order valence-corrected chi connectivity index (χ1v) is 8.51. The average Bonchev–Trinajstić information content (AvgIpc) is 2.55. The maximum absolute atomic E-state index is 12.2. The molecule has 1 rings (SSSR count). The summed E-state index contributed by atoms with van der Waals surface area (Å²) in [4.78, 5) is 37.2. The number of amides is 2. The van der Waals surface area contributed by atoms with Gasteiger partial charge < -0.3 is 15.0 Å². The lowest BCUT2D eigenvalue weighted by Crippen LogP contribution is -2.48. The van der Waals surface area contributed by atoms with Crippen LogP contribution in [0.1, 0.15) is 51.4 Å². The van der Waals surface area contributed by atoms with E-state index < -0.39 is 0 Å². The minimum absolute atomic E-state index is 0.0000962. The van der Waals surface area contributed by atoms with Gasteiger partial charge in [0.15, 0.2) is 12.4 Å². The topological polar surface area (TPSA) is 75.7 Å². The maximum Gasteiger partial charge on any atom is 0.260 e. The van der Waals surface area contributed by atoms with Crippen molar-refractivity contribution in [2.24, 2.45) is 0 Å². The Labute approximate surface area is 149 Å². The Hall–Kier alpha value is -2.37. The van der Waals surface area contributed by atoms with E-state index in [-0.39, 0.29) is 36.3 Å². The predicted molar refractivity (Wildman–Crippen MR) is 96.7 cm³/mol. The van der Waals surface area contributed by atoms with Crippen LogP contribution in [0.4, 0.5) is 0 Å². The fraction of sp³-hybridized carbons (Fsp3) is 0.526. The molecule has 0 spiro atoms. The SMILES string of the molecule is CCC(=O)c1ccc(OCC(=O)N(CC)CC(=O)NC(C)(C)C)cc1. The van der Waals surface area contributed by atoms with Crippen molar-refractivity contribution in [1.82, 2.24) is 10.2 Å². The number of hydrogen-bond donors (Lipinski definition) is 1. The minimum Gasteiger partial charge on any atom is -0.484 e. The summed E-state index contributed by atoms with van der Waals surface area (Å²) in [5, 5.41) is 2.83. The highest BCUT2D eigenvalue weighted by molar-refractivity contribution is 5.95. The van der Waals surface area contributed by atoms with E-state index in [9.17, 15) is 14.4 Å². The summed E-state index contributed by atoms with van der Waals surface area (Å²) < 4.78 is 5.47. The molecule has 0 aliphatic carbocycles. The van der Waals surface area contributed by atoms with Gasteiger partial charge in [-0.1, -0.05) is 6.92 Å². The monoisotopic (exact) mass is 348 g/mol. The molecule has 1 N–H and O–H groups in total. The third-order valence-corrected chi connectivity index (χ3v) is 3.44. The van der Waals surface area contributed by atoms with Crippen molar-refractivity contribution < 1.29 is 19.1 Å². The molecular formula is C19H28N2O4. The first-order chi connectivity index (χ1) is 11.7. The molecule has 0 heterocycles. The third-order valence-electron chi connectivity index (χ3n) is 3.44. The van der Waals surface area contributed by atoms with E-state index >= 15 is 0 Å². The number of carbonyl (C=O) groups is 3. The van der Waals surface area contributed by atoms with Gasteiger partial charge in [-0.3, -0.25) is 14.4 Å². The minimum atomic E-state index is -0.340. The number of carbonyl (C=O) groups excluding carboxylic acids is 3. The van der Waals surface area contributed by atoms with Crippen molar-refractivity contribution in [2.75, 3.05) is 19.7 Å². The maximum atomic E-state index is 12.2. The molecule has 0 fully saturated rings. The van der Waals surface area contributed by atoms with Crippen LogP contribution in [0.25, 0.3) is 0 Å². The van der Waals surface area contributed by atoms with Gasteiger partial charge >= 0.3 is 0 Å². The Morgan fingerprint density at radius 3 is 2.16 bits per heavy atom. The highest BCUT2D eigenvalue weighted by atomic mass is 16.5. The van der Waals surface area contributed by atoms with E-state index in [1.165, 1.54) is 4.90 Å². The van der Waals surface area contributed by atoms with Crippen molar-refractivity contribution in [3.63, 3.8) is 0 Å². The molecule has 0 aliphatic heterocycles. The first-order valence-electron chi connectivity index (χ1n) is 8.51. The number of rotatable bonds is 8. The first kappa shape index (κ1) is 20.7. The van der Waals surface area contributed by atoms with Crippen LogP contribution in [0.15, 0.2) is 24.3 Å². The molecule has 6 heteroatoms. The molecular weight excluding hydrogens is 320 g/mol. The molecule has 0 unspecified atom stereocenters. The van der Waals surface area contributed by atoms with Gasteiger partial charge in [-0.15, -0.1) is 0 Å². The molecule has 0 radical (unpaired) electrons. The number of hydrogen-bond acceptors (Lipinski definition) is 4. The number of likely N-dealkylation sites (N-methyl/N-ethyl adjacent to an activating group) is 1. The number of nitrogens with zero attached hydrogens (tertiary/aromatic N) is 1. The fourth-order valence-corrected chi connectivity index (χ4v) is 2.19. The number of benzene rings is 1. The molecule has 0 aliphatic rings. The van der Waals surface area contributed by atoms with Gasteiger partial charge in [0.05, 0.1) is 6.54 Å². The molecule has 0 bridgehead atoms. The predicted octanol–water partition coefficient (Wildman–Crippen LogP) is 2.42. The van der Waals surface area contributed by atoms with Crippen molar-refractivity contribution in [3.05, 3.63) is 29.8 Å². The van der Waals surface area contributed by atoms with Crippen molar-refractivity contribution in [2.45, 2.75) is 46.6 Å². The quantitative estimate of drug-likeness (QED) is 0.732. The van der Waals surface area contributed by atoms with Crippen LogP contribution in [0, 0.1) is 0 Å². The Balaban J connectivity index is 2.56. The van der Waals surface area contributed by atoms with Gasteiger partial charge in [0.2, 0.25) is 5.91 Å². The molecule has 0 saturated heterocycles. The fourth-order valence-electron chi connectivity index (χ4n) is 2.19. The van der Waals surface area contributed by atoms with Crippen LogP contribution in [-0.4, -0.2) is 47.7 Å². The van der Waals surface area contributed by atoms with Crippen molar-refractivity contribution >= 4 is 17.6 Å². The molecule has 1 aromatic carbocycles. The zero-order valence-electron chi connectivity index (χ0n) is 15.7. The van der Waals surface area contributed by atoms with Gasteiger partial charge in [0.25, 0.3) is 5.91 Å². The summed E-state index contributed by atoms with van der Waals surface area (Å²) in [6.45, 7) is 9.55. The Morgan fingerprint density at radius 2 is 1.68 bits per heavy atom. The summed E-state index contributed by atoms with van der Waals surface area (Å²) in [5.74, 6) is 0.103. The molecule has 0 atom stereocenters. The van der Waals surface area contributed by atoms with Gasteiger partial charge in [-0.05, 0) is 52.0 Å². The summed E-state index contributed by atoms with van der Waals surface area (Å²) >= 11 is 0. The van der Waals surface area contributed by atoms with Crippen LogP contribution >= 0.6 is 0 Å². The normalized spacial score (nSPS) is 10.9. The van der Waals surface area contributed by atoms with Gasteiger partial charge in [-0.2, -0.15) is 0 Å². The number of nitrogens with one attached hydrogen (secondary N) is 1. The highest BCUT2D eigenvalue weighted by Gasteiger charge is 2.19. The second-order valence-corrected chi connectivity index (χ2v) is 6.80.